The molecule has 2 aromatic rings. The van der Waals surface area contributed by atoms with Crippen LogP contribution in [0.15, 0.2) is 54.6 Å². The van der Waals surface area contributed by atoms with Crippen molar-refractivity contribution in [2.24, 2.45) is 0 Å². The molecule has 0 saturated heterocycles. The van der Waals surface area contributed by atoms with E-state index in [2.05, 4.69) is 0 Å². The first-order chi connectivity index (χ1) is 11.5. The minimum absolute atomic E-state index is 0.0281. The van der Waals surface area contributed by atoms with E-state index in [4.69, 9.17) is 4.74 Å². The second-order valence-corrected chi connectivity index (χ2v) is 5.97. The molecule has 0 unspecified atom stereocenters. The van der Waals surface area contributed by atoms with Gasteiger partial charge in [-0.05, 0) is 38.5 Å². The number of benzene rings is 2. The number of ketones is 1. The van der Waals surface area contributed by atoms with Crippen LogP contribution in [-0.2, 0) is 11.3 Å². The van der Waals surface area contributed by atoms with Crippen LogP contribution < -0.4 is 4.74 Å². The van der Waals surface area contributed by atoms with Crippen molar-refractivity contribution in [1.82, 2.24) is 4.90 Å². The summed E-state index contributed by atoms with van der Waals surface area (Å²) in [6.07, 6.45) is 0. The van der Waals surface area contributed by atoms with Gasteiger partial charge in [0, 0.05) is 18.2 Å². The molecule has 24 heavy (non-hydrogen) atoms. The summed E-state index contributed by atoms with van der Waals surface area (Å²) in [6, 6.07) is 16.8. The maximum Gasteiger partial charge on any atom is 0.261 e. The monoisotopic (exact) mass is 325 g/mol. The molecule has 4 heteroatoms. The lowest BCUT2D eigenvalue weighted by Gasteiger charge is -2.27. The highest BCUT2D eigenvalue weighted by Gasteiger charge is 2.18. The van der Waals surface area contributed by atoms with E-state index < -0.39 is 0 Å². The van der Waals surface area contributed by atoms with Crippen molar-refractivity contribution in [2.75, 3.05) is 6.61 Å². The van der Waals surface area contributed by atoms with Crippen molar-refractivity contribution >= 4 is 11.7 Å². The molecule has 0 aromatic heterocycles. The average Bonchev–Trinajstić information content (AvgIpc) is 2.58. The van der Waals surface area contributed by atoms with Crippen LogP contribution in [0.3, 0.4) is 0 Å². The van der Waals surface area contributed by atoms with Gasteiger partial charge in [-0.15, -0.1) is 0 Å². The van der Waals surface area contributed by atoms with Crippen molar-refractivity contribution in [3.63, 3.8) is 0 Å². The topological polar surface area (TPSA) is 46.6 Å². The molecule has 0 heterocycles. The Morgan fingerprint density at radius 2 is 1.75 bits per heavy atom. The van der Waals surface area contributed by atoms with E-state index in [1.807, 2.05) is 44.2 Å². The summed E-state index contributed by atoms with van der Waals surface area (Å²) in [4.78, 5) is 25.7. The predicted molar refractivity (Wildman–Crippen MR) is 94.1 cm³/mol. The number of carbonyl (C=O) groups is 2. The fraction of sp³-hybridized carbons (Fsp3) is 0.300. The largest absolute Gasteiger partial charge is 0.484 e. The van der Waals surface area contributed by atoms with E-state index >= 15 is 0 Å². The quantitative estimate of drug-likeness (QED) is 0.729. The van der Waals surface area contributed by atoms with Crippen molar-refractivity contribution < 1.29 is 14.3 Å². The van der Waals surface area contributed by atoms with Gasteiger partial charge in [0.15, 0.2) is 12.4 Å². The molecule has 0 aliphatic heterocycles. The van der Waals surface area contributed by atoms with Gasteiger partial charge in [0.1, 0.15) is 5.75 Å². The number of hydrogen-bond acceptors (Lipinski definition) is 3. The molecular weight excluding hydrogens is 302 g/mol. The Morgan fingerprint density at radius 3 is 2.38 bits per heavy atom. The number of carbonyl (C=O) groups excluding carboxylic acids is 2. The van der Waals surface area contributed by atoms with Gasteiger partial charge in [-0.1, -0.05) is 42.5 Å². The van der Waals surface area contributed by atoms with E-state index in [0.717, 1.165) is 5.56 Å². The fourth-order valence-electron chi connectivity index (χ4n) is 2.37. The van der Waals surface area contributed by atoms with Crippen LogP contribution in [0.5, 0.6) is 5.75 Å². The smallest absolute Gasteiger partial charge is 0.261 e. The first kappa shape index (κ1) is 17.7. The molecular formula is C20H23NO3. The van der Waals surface area contributed by atoms with Crippen LogP contribution in [0.25, 0.3) is 0 Å². The third kappa shape index (κ3) is 4.95. The molecule has 2 aromatic carbocycles. The standard InChI is InChI=1S/C20H23NO3/c1-15(2)21(13-17-8-5-4-6-9-17)20(23)14-24-19-11-7-10-18(12-19)16(3)22/h4-12,15H,13-14H2,1-3H3. The Morgan fingerprint density at radius 1 is 1.04 bits per heavy atom. The van der Waals surface area contributed by atoms with Crippen LogP contribution in [0.2, 0.25) is 0 Å². The molecule has 0 radical (unpaired) electrons. The molecule has 1 amide bonds. The summed E-state index contributed by atoms with van der Waals surface area (Å²) >= 11 is 0. The molecule has 0 saturated carbocycles. The van der Waals surface area contributed by atoms with Crippen molar-refractivity contribution in [1.29, 1.82) is 0 Å². The Balaban J connectivity index is 2.00. The Bertz CT molecular complexity index is 695. The number of amides is 1. The molecule has 126 valence electrons. The first-order valence-electron chi connectivity index (χ1n) is 8.04. The van der Waals surface area contributed by atoms with Gasteiger partial charge < -0.3 is 9.64 Å². The molecule has 0 aliphatic carbocycles. The molecule has 4 nitrogen and oxygen atoms in total. The number of Topliss-reactive ketones (excluding diaryl/α,β-unsaturated/α-hetero) is 1. The van der Waals surface area contributed by atoms with Crippen LogP contribution in [-0.4, -0.2) is 29.2 Å². The second kappa shape index (κ2) is 8.29. The predicted octanol–water partition coefficient (Wildman–Crippen LogP) is 3.71. The van der Waals surface area contributed by atoms with Gasteiger partial charge in [0.2, 0.25) is 0 Å². The third-order valence-corrected chi connectivity index (χ3v) is 3.74. The Labute approximate surface area is 143 Å². The first-order valence-corrected chi connectivity index (χ1v) is 8.04. The maximum atomic E-state index is 12.5. The van der Waals surface area contributed by atoms with Crippen LogP contribution in [0.1, 0.15) is 36.7 Å². The molecule has 0 atom stereocenters. The van der Waals surface area contributed by atoms with Crippen LogP contribution in [0, 0.1) is 0 Å². The molecule has 0 N–H and O–H groups in total. The lowest BCUT2D eigenvalue weighted by molar-refractivity contribution is -0.135. The summed E-state index contributed by atoms with van der Waals surface area (Å²) in [6.45, 7) is 5.97. The van der Waals surface area contributed by atoms with E-state index in [-0.39, 0.29) is 24.3 Å². The van der Waals surface area contributed by atoms with Gasteiger partial charge in [-0.25, -0.2) is 0 Å². The van der Waals surface area contributed by atoms with Gasteiger partial charge >= 0.3 is 0 Å². The van der Waals surface area contributed by atoms with E-state index in [0.29, 0.717) is 17.9 Å². The van der Waals surface area contributed by atoms with Gasteiger partial charge in [-0.2, -0.15) is 0 Å². The second-order valence-electron chi connectivity index (χ2n) is 5.97. The van der Waals surface area contributed by atoms with Crippen molar-refractivity contribution in [3.8, 4) is 5.75 Å². The lowest BCUT2D eigenvalue weighted by Crippen LogP contribution is -2.39. The zero-order chi connectivity index (χ0) is 17.5. The summed E-state index contributed by atoms with van der Waals surface area (Å²) in [5, 5.41) is 0. The van der Waals surface area contributed by atoms with E-state index in [9.17, 15) is 9.59 Å². The summed E-state index contributed by atoms with van der Waals surface area (Å²) in [7, 11) is 0. The highest BCUT2D eigenvalue weighted by atomic mass is 16.5. The maximum absolute atomic E-state index is 12.5. The average molecular weight is 325 g/mol. The summed E-state index contributed by atoms with van der Waals surface area (Å²) < 4.78 is 5.58. The molecule has 0 spiro atoms. The minimum Gasteiger partial charge on any atom is -0.484 e. The Hall–Kier alpha value is -2.62. The SMILES string of the molecule is CC(=O)c1cccc(OCC(=O)N(Cc2ccccc2)C(C)C)c1. The molecule has 0 aliphatic rings. The number of hydrogen-bond donors (Lipinski definition) is 0. The summed E-state index contributed by atoms with van der Waals surface area (Å²) in [5.74, 6) is 0.418. The molecule has 0 fully saturated rings. The highest BCUT2D eigenvalue weighted by Crippen LogP contribution is 2.15. The van der Waals surface area contributed by atoms with Gasteiger partial charge in [0.05, 0.1) is 0 Å². The van der Waals surface area contributed by atoms with Gasteiger partial charge in [0.25, 0.3) is 5.91 Å². The summed E-state index contributed by atoms with van der Waals surface area (Å²) in [5.41, 5.74) is 1.66. The minimum atomic E-state index is -0.0814. The molecule has 2 rings (SSSR count). The van der Waals surface area contributed by atoms with Crippen molar-refractivity contribution in [3.05, 3.63) is 65.7 Å². The van der Waals surface area contributed by atoms with E-state index in [1.165, 1.54) is 6.92 Å². The van der Waals surface area contributed by atoms with Crippen LogP contribution >= 0.6 is 0 Å². The van der Waals surface area contributed by atoms with Gasteiger partial charge in [-0.3, -0.25) is 9.59 Å². The Kier molecular flexibility index (Phi) is 6.13. The fourth-order valence-corrected chi connectivity index (χ4v) is 2.37. The van der Waals surface area contributed by atoms with Crippen LogP contribution in [0.4, 0.5) is 0 Å². The number of rotatable bonds is 7. The number of nitrogens with zero attached hydrogens (tertiary/aromatic N) is 1. The zero-order valence-electron chi connectivity index (χ0n) is 14.4. The number of ether oxygens (including phenoxy) is 1. The lowest BCUT2D eigenvalue weighted by atomic mass is 10.1. The van der Waals surface area contributed by atoms with E-state index in [1.54, 1.807) is 29.2 Å². The highest BCUT2D eigenvalue weighted by molar-refractivity contribution is 5.94. The molecule has 0 bridgehead atoms. The normalized spacial score (nSPS) is 10.5. The van der Waals surface area contributed by atoms with Crippen molar-refractivity contribution in [2.45, 2.75) is 33.4 Å². The zero-order valence-corrected chi connectivity index (χ0v) is 14.4. The third-order valence-electron chi connectivity index (χ3n) is 3.74.